The number of furan rings is 2. The van der Waals surface area contributed by atoms with Gasteiger partial charge in [-0.3, -0.25) is 0 Å². The summed E-state index contributed by atoms with van der Waals surface area (Å²) in [7, 11) is 0. The van der Waals surface area contributed by atoms with Crippen molar-refractivity contribution in [2.75, 3.05) is 4.90 Å². The van der Waals surface area contributed by atoms with Crippen molar-refractivity contribution in [2.45, 2.75) is 193 Å². The maximum Gasteiger partial charge on any atom is 0.144 e. The van der Waals surface area contributed by atoms with Crippen LogP contribution in [0.1, 0.15) is 227 Å². The lowest BCUT2D eigenvalue weighted by Gasteiger charge is -2.33. The van der Waals surface area contributed by atoms with Crippen molar-refractivity contribution in [3.8, 4) is 77.9 Å². The van der Waals surface area contributed by atoms with Crippen molar-refractivity contribution in [1.82, 2.24) is 0 Å². The van der Waals surface area contributed by atoms with Crippen LogP contribution in [0, 0.1) is 0 Å². The standard InChI is InChI=1S/C102H95NO2/c1-13-15-17-19-29-51-102(52-30-20-18-16-14-2)77-36-26-21-31-65(77)68-45-40-61(54-85(68)102)60-39-44-66-67-46-41-62(55-80(67)98(5,6)79(66)53-60)103(63-42-47-69-74-58-84-75(59-83(74)99(7,8)81(69)56-63)89-78(97(84,3)4)49-50-88-90(89)72-33-23-27-37-86(72)104-88)64-43-48-71-82(57-64)101(11,12)95-93(71)96-92(73-34-24-28-38-87(73)105-96)91-70-32-22-25-35-76(70)100(9,10)94(91)95/h21-28,31-50,53-59H,13-20,29-30,51-52H2,1-12H3. The van der Waals surface area contributed by atoms with Gasteiger partial charge in [0.1, 0.15) is 22.3 Å². The summed E-state index contributed by atoms with van der Waals surface area (Å²) in [4.78, 5) is 2.60. The highest BCUT2D eigenvalue weighted by Gasteiger charge is 2.50. The molecule has 3 nitrogen and oxygen atoms in total. The third-order valence-corrected chi connectivity index (χ3v) is 27.3. The number of anilines is 3. The summed E-state index contributed by atoms with van der Waals surface area (Å²) < 4.78 is 13.8. The number of fused-ring (bicyclic) bond motifs is 28. The fourth-order valence-corrected chi connectivity index (χ4v) is 21.9. The molecule has 0 saturated heterocycles. The van der Waals surface area contributed by atoms with E-state index in [1.165, 1.54) is 232 Å². The lowest BCUT2D eigenvalue weighted by atomic mass is 9.70. The number of unbranched alkanes of at least 4 members (excludes halogenated alkanes) is 8. The van der Waals surface area contributed by atoms with E-state index in [0.29, 0.717) is 0 Å². The van der Waals surface area contributed by atoms with Gasteiger partial charge in [-0.15, -0.1) is 0 Å². The summed E-state index contributed by atoms with van der Waals surface area (Å²) >= 11 is 0. The molecule has 3 heteroatoms. The fraction of sp³-hybridized carbons (Fsp3) is 0.294. The predicted molar refractivity (Wildman–Crippen MR) is 442 cm³/mol. The molecule has 0 spiro atoms. The summed E-state index contributed by atoms with van der Waals surface area (Å²) in [6.07, 6.45) is 15.4. The molecule has 0 atom stereocenters. The smallest absolute Gasteiger partial charge is 0.144 e. The number of hydrogen-bond acceptors (Lipinski definition) is 3. The van der Waals surface area contributed by atoms with Crippen molar-refractivity contribution < 1.29 is 8.83 Å². The zero-order valence-electron chi connectivity index (χ0n) is 63.5. The molecule has 20 rings (SSSR count). The Morgan fingerprint density at radius 1 is 0.276 bits per heavy atom. The second-order valence-corrected chi connectivity index (χ2v) is 34.9. The Labute approximate surface area is 620 Å². The van der Waals surface area contributed by atoms with Crippen LogP contribution in [0.15, 0.2) is 221 Å². The molecule has 6 aliphatic rings. The third-order valence-electron chi connectivity index (χ3n) is 27.3. The van der Waals surface area contributed by atoms with E-state index < -0.39 is 5.41 Å². The Bertz CT molecular complexity index is 6050. The molecule has 0 bridgehead atoms. The summed E-state index contributed by atoms with van der Waals surface area (Å²) in [6.45, 7) is 29.3. The largest absolute Gasteiger partial charge is 0.456 e. The molecule has 0 N–H and O–H groups in total. The summed E-state index contributed by atoms with van der Waals surface area (Å²) in [6, 6.07) is 83.0. The third kappa shape index (κ3) is 8.85. The SMILES string of the molecule is CCCCCCCC1(CCCCCCC)c2ccccc2-c2ccc(-c3ccc4c(c3)C(C)(C)c3cc(N(c5ccc6c(c5)C(C)(C)c5cc7c(cc5-6)C(C)(C)c5ccc6oc8ccccc8c6c5-7)c5ccc6c(c5)C(C)(C)c5c7c(c8c(oc9ccccc98)c5-6)-c5ccccc5C7(C)C)ccc3-4)cc21. The van der Waals surface area contributed by atoms with Crippen LogP contribution in [0.2, 0.25) is 0 Å². The van der Waals surface area contributed by atoms with Crippen LogP contribution in [0.4, 0.5) is 17.1 Å². The van der Waals surface area contributed by atoms with Gasteiger partial charge in [0.2, 0.25) is 0 Å². The number of hydrogen-bond donors (Lipinski definition) is 0. The predicted octanol–water partition coefficient (Wildman–Crippen LogP) is 29.1. The molecule has 0 radical (unpaired) electrons. The molecule has 105 heavy (non-hydrogen) atoms. The van der Waals surface area contributed by atoms with Gasteiger partial charge in [0.05, 0.1) is 0 Å². The first-order valence-electron chi connectivity index (χ1n) is 39.7. The Hall–Kier alpha value is -9.96. The van der Waals surface area contributed by atoms with Gasteiger partial charge in [0.15, 0.2) is 0 Å². The number of nitrogens with zero attached hydrogens (tertiary/aromatic N) is 1. The van der Waals surface area contributed by atoms with Gasteiger partial charge in [-0.1, -0.05) is 281 Å². The Kier molecular flexibility index (Phi) is 14.0. The molecular weight excluding hydrogens is 1270 g/mol. The average Bonchev–Trinajstić information content (AvgIpc) is 1.50. The van der Waals surface area contributed by atoms with Crippen LogP contribution in [-0.2, 0) is 32.5 Å². The molecule has 2 heterocycles. The van der Waals surface area contributed by atoms with E-state index in [1.807, 2.05) is 0 Å². The Balaban J connectivity index is 0.729. The lowest BCUT2D eigenvalue weighted by molar-refractivity contribution is 0.399. The van der Waals surface area contributed by atoms with E-state index in [9.17, 15) is 0 Å². The van der Waals surface area contributed by atoms with Crippen LogP contribution < -0.4 is 4.90 Å². The van der Waals surface area contributed by atoms with Crippen LogP contribution >= 0.6 is 0 Å². The van der Waals surface area contributed by atoms with Crippen LogP contribution in [-0.4, -0.2) is 0 Å². The second-order valence-electron chi connectivity index (χ2n) is 34.9. The van der Waals surface area contributed by atoms with E-state index in [2.05, 4.69) is 300 Å². The first-order chi connectivity index (χ1) is 50.8. The van der Waals surface area contributed by atoms with Crippen molar-refractivity contribution in [3.63, 3.8) is 0 Å². The van der Waals surface area contributed by atoms with Crippen LogP contribution in [0.25, 0.3) is 122 Å². The Morgan fingerprint density at radius 2 is 0.705 bits per heavy atom. The highest BCUT2D eigenvalue weighted by molar-refractivity contribution is 6.21. The molecule has 0 saturated carbocycles. The van der Waals surface area contributed by atoms with Gasteiger partial charge in [-0.05, 0) is 231 Å². The zero-order chi connectivity index (χ0) is 71.6. The van der Waals surface area contributed by atoms with Gasteiger partial charge in [0.25, 0.3) is 0 Å². The van der Waals surface area contributed by atoms with E-state index in [4.69, 9.17) is 8.83 Å². The molecule has 12 aromatic carbocycles. The fourth-order valence-electron chi connectivity index (χ4n) is 21.9. The second kappa shape index (κ2) is 22.8. The molecule has 0 amide bonds. The first-order valence-corrected chi connectivity index (χ1v) is 39.7. The normalized spacial score (nSPS) is 16.5. The molecule has 0 fully saturated rings. The van der Waals surface area contributed by atoms with Crippen molar-refractivity contribution in [2.24, 2.45) is 0 Å². The zero-order valence-corrected chi connectivity index (χ0v) is 63.5. The van der Waals surface area contributed by atoms with E-state index in [-0.39, 0.29) is 27.1 Å². The molecule has 14 aromatic rings. The summed E-state index contributed by atoms with van der Waals surface area (Å²) in [5, 5.41) is 4.81. The lowest BCUT2D eigenvalue weighted by Crippen LogP contribution is -2.25. The topological polar surface area (TPSA) is 29.5 Å². The minimum Gasteiger partial charge on any atom is -0.456 e. The molecule has 520 valence electrons. The van der Waals surface area contributed by atoms with Crippen molar-refractivity contribution >= 4 is 60.9 Å². The van der Waals surface area contributed by atoms with E-state index in [0.717, 1.165) is 39.4 Å². The van der Waals surface area contributed by atoms with Crippen molar-refractivity contribution in [1.29, 1.82) is 0 Å². The summed E-state index contributed by atoms with van der Waals surface area (Å²) in [5.41, 5.74) is 41.3. The van der Waals surface area contributed by atoms with E-state index in [1.54, 1.807) is 11.1 Å². The highest BCUT2D eigenvalue weighted by Crippen LogP contribution is 2.66. The van der Waals surface area contributed by atoms with Gasteiger partial charge >= 0.3 is 0 Å². The van der Waals surface area contributed by atoms with Crippen LogP contribution in [0.3, 0.4) is 0 Å². The maximum atomic E-state index is 7.24. The number of rotatable bonds is 16. The number of benzene rings is 12. The van der Waals surface area contributed by atoms with Crippen molar-refractivity contribution in [3.05, 3.63) is 279 Å². The van der Waals surface area contributed by atoms with E-state index >= 15 is 0 Å². The van der Waals surface area contributed by atoms with Gasteiger partial charge in [-0.2, -0.15) is 0 Å². The average molecular weight is 1370 g/mol. The highest BCUT2D eigenvalue weighted by atomic mass is 16.3. The number of para-hydroxylation sites is 2. The van der Waals surface area contributed by atoms with Gasteiger partial charge in [0, 0.05) is 76.7 Å². The summed E-state index contributed by atoms with van der Waals surface area (Å²) in [5.74, 6) is 0. The molecule has 0 unspecified atom stereocenters. The Morgan fingerprint density at radius 3 is 1.34 bits per heavy atom. The monoisotopic (exact) mass is 1370 g/mol. The minimum absolute atomic E-state index is 0.0188. The first kappa shape index (κ1) is 64.6. The maximum absolute atomic E-state index is 7.24. The molecular formula is C102H95NO2. The van der Waals surface area contributed by atoms with Gasteiger partial charge in [-0.25, -0.2) is 0 Å². The minimum atomic E-state index is -0.391. The molecule has 0 aliphatic heterocycles. The van der Waals surface area contributed by atoms with Gasteiger partial charge < -0.3 is 13.7 Å². The van der Waals surface area contributed by atoms with Crippen LogP contribution in [0.5, 0.6) is 0 Å². The quantitative estimate of drug-likeness (QED) is 0.0903. The molecule has 6 aliphatic carbocycles. The molecule has 2 aromatic heterocycles.